The number of aliphatic hydroxyl groups excluding tert-OH is 1. The fraction of sp³-hybridized carbons (Fsp3) is 1.00. The molecule has 0 aromatic carbocycles. The number of rotatable bonds is 0. The Hall–Kier alpha value is -0.150. The average molecular weight is 119 g/mol. The van der Waals surface area contributed by atoms with Crippen LogP contribution in [0.15, 0.2) is 0 Å². The Bertz CT molecular complexity index is 78.5. The summed E-state index contributed by atoms with van der Waals surface area (Å²) in [4.78, 5) is 0. The van der Waals surface area contributed by atoms with Gasteiger partial charge < -0.3 is 10.8 Å². The molecule has 1 saturated carbocycles. The molecule has 3 unspecified atom stereocenters. The largest absolute Gasteiger partial charge is 0.390 e. The highest BCUT2D eigenvalue weighted by molar-refractivity contribution is 4.84. The number of hydrogen-bond donors (Lipinski definition) is 2. The zero-order valence-corrected chi connectivity index (χ0v) is 4.55. The van der Waals surface area contributed by atoms with Crippen LogP contribution in [0.2, 0.25) is 0 Å². The molecule has 0 amide bonds. The van der Waals surface area contributed by atoms with Gasteiger partial charge in [0.25, 0.3) is 0 Å². The SMILES string of the molecule is NC1CC(O)C(F)C1. The minimum atomic E-state index is -1.08. The number of halogens is 1. The van der Waals surface area contributed by atoms with Gasteiger partial charge in [-0.3, -0.25) is 0 Å². The van der Waals surface area contributed by atoms with Gasteiger partial charge in [0.2, 0.25) is 0 Å². The summed E-state index contributed by atoms with van der Waals surface area (Å²) < 4.78 is 12.2. The normalized spacial score (nSPS) is 47.6. The number of aliphatic hydroxyl groups is 1. The molecule has 0 heterocycles. The Morgan fingerprint density at radius 2 is 2.12 bits per heavy atom. The Kier molecular flexibility index (Phi) is 1.49. The maximum Gasteiger partial charge on any atom is 0.127 e. The maximum atomic E-state index is 12.2. The second-order valence-corrected chi connectivity index (χ2v) is 2.31. The molecule has 1 aliphatic rings. The zero-order chi connectivity index (χ0) is 6.15. The van der Waals surface area contributed by atoms with Gasteiger partial charge in [0.1, 0.15) is 6.17 Å². The van der Waals surface area contributed by atoms with Crippen molar-refractivity contribution in [2.75, 3.05) is 0 Å². The lowest BCUT2D eigenvalue weighted by atomic mass is 10.3. The molecular formula is C5H10FNO. The molecule has 1 rings (SSSR count). The van der Waals surface area contributed by atoms with Crippen LogP contribution in [-0.4, -0.2) is 23.4 Å². The van der Waals surface area contributed by atoms with E-state index < -0.39 is 12.3 Å². The molecule has 0 radical (unpaired) electrons. The summed E-state index contributed by atoms with van der Waals surface area (Å²) in [5.74, 6) is 0. The van der Waals surface area contributed by atoms with Gasteiger partial charge in [-0.05, 0) is 12.8 Å². The first-order valence-corrected chi connectivity index (χ1v) is 2.78. The van der Waals surface area contributed by atoms with Crippen LogP contribution < -0.4 is 5.73 Å². The second-order valence-electron chi connectivity index (χ2n) is 2.31. The molecule has 2 nitrogen and oxygen atoms in total. The third-order valence-electron chi connectivity index (χ3n) is 1.49. The summed E-state index contributed by atoms with van der Waals surface area (Å²) in [5.41, 5.74) is 5.32. The highest BCUT2D eigenvalue weighted by Gasteiger charge is 2.30. The third-order valence-corrected chi connectivity index (χ3v) is 1.49. The van der Waals surface area contributed by atoms with Crippen molar-refractivity contribution in [2.45, 2.75) is 31.2 Å². The van der Waals surface area contributed by atoms with Crippen LogP contribution >= 0.6 is 0 Å². The maximum absolute atomic E-state index is 12.2. The van der Waals surface area contributed by atoms with Crippen molar-refractivity contribution in [3.8, 4) is 0 Å². The van der Waals surface area contributed by atoms with E-state index in [2.05, 4.69) is 0 Å². The predicted molar refractivity (Wildman–Crippen MR) is 28.1 cm³/mol. The first-order chi connectivity index (χ1) is 3.70. The molecule has 0 spiro atoms. The molecule has 8 heavy (non-hydrogen) atoms. The molecule has 0 aliphatic heterocycles. The van der Waals surface area contributed by atoms with E-state index in [-0.39, 0.29) is 6.04 Å². The molecule has 3 heteroatoms. The summed E-state index contributed by atoms with van der Waals surface area (Å²) in [6, 6.07) is -0.125. The van der Waals surface area contributed by atoms with E-state index in [1.807, 2.05) is 0 Å². The van der Waals surface area contributed by atoms with Gasteiger partial charge in [-0.25, -0.2) is 4.39 Å². The molecule has 48 valence electrons. The number of hydrogen-bond acceptors (Lipinski definition) is 2. The summed E-state index contributed by atoms with van der Waals surface area (Å²) in [7, 11) is 0. The first kappa shape index (κ1) is 5.98. The van der Waals surface area contributed by atoms with Crippen LogP contribution in [-0.2, 0) is 0 Å². The Morgan fingerprint density at radius 1 is 1.50 bits per heavy atom. The molecule has 0 aromatic rings. The van der Waals surface area contributed by atoms with Gasteiger partial charge in [-0.1, -0.05) is 0 Å². The summed E-state index contributed by atoms with van der Waals surface area (Å²) in [6.45, 7) is 0. The van der Waals surface area contributed by atoms with Crippen LogP contribution in [0, 0.1) is 0 Å². The van der Waals surface area contributed by atoms with Gasteiger partial charge in [-0.2, -0.15) is 0 Å². The molecule has 3 N–H and O–H groups in total. The fourth-order valence-corrected chi connectivity index (χ4v) is 1.00. The summed E-state index contributed by atoms with van der Waals surface area (Å²) in [6.07, 6.45) is -1.14. The number of alkyl halides is 1. The zero-order valence-electron chi connectivity index (χ0n) is 4.55. The molecular weight excluding hydrogens is 109 g/mol. The van der Waals surface area contributed by atoms with Crippen molar-refractivity contribution in [1.29, 1.82) is 0 Å². The van der Waals surface area contributed by atoms with Crippen LogP contribution in [0.3, 0.4) is 0 Å². The molecule has 0 bridgehead atoms. The van der Waals surface area contributed by atoms with Gasteiger partial charge in [0.05, 0.1) is 6.10 Å². The van der Waals surface area contributed by atoms with Gasteiger partial charge in [-0.15, -0.1) is 0 Å². The average Bonchev–Trinajstić information content (AvgIpc) is 1.85. The van der Waals surface area contributed by atoms with E-state index in [4.69, 9.17) is 10.8 Å². The van der Waals surface area contributed by atoms with Crippen molar-refractivity contribution in [3.05, 3.63) is 0 Å². The lowest BCUT2D eigenvalue weighted by Crippen LogP contribution is -2.15. The van der Waals surface area contributed by atoms with E-state index in [1.165, 1.54) is 0 Å². The fourth-order valence-electron chi connectivity index (χ4n) is 1.00. The molecule has 0 saturated heterocycles. The highest BCUT2D eigenvalue weighted by Crippen LogP contribution is 2.20. The third kappa shape index (κ3) is 0.980. The summed E-state index contributed by atoms with van der Waals surface area (Å²) >= 11 is 0. The first-order valence-electron chi connectivity index (χ1n) is 2.78. The lowest BCUT2D eigenvalue weighted by Gasteiger charge is -1.99. The minimum Gasteiger partial charge on any atom is -0.390 e. The van der Waals surface area contributed by atoms with Gasteiger partial charge >= 0.3 is 0 Å². The Morgan fingerprint density at radius 3 is 2.25 bits per heavy atom. The topological polar surface area (TPSA) is 46.2 Å². The van der Waals surface area contributed by atoms with Crippen molar-refractivity contribution < 1.29 is 9.50 Å². The van der Waals surface area contributed by atoms with Crippen molar-refractivity contribution in [2.24, 2.45) is 5.73 Å². The van der Waals surface area contributed by atoms with E-state index in [9.17, 15) is 4.39 Å². The lowest BCUT2D eigenvalue weighted by molar-refractivity contribution is 0.103. The van der Waals surface area contributed by atoms with Gasteiger partial charge in [0, 0.05) is 6.04 Å². The van der Waals surface area contributed by atoms with Crippen LogP contribution in [0.25, 0.3) is 0 Å². The second kappa shape index (κ2) is 1.99. The standard InChI is InChI=1S/C5H10FNO/c6-4-1-3(7)2-5(4)8/h3-5,8H,1-2,7H2. The quantitative estimate of drug-likeness (QED) is 0.464. The van der Waals surface area contributed by atoms with Crippen molar-refractivity contribution in [3.63, 3.8) is 0 Å². The van der Waals surface area contributed by atoms with E-state index in [1.54, 1.807) is 0 Å². The molecule has 3 atom stereocenters. The Labute approximate surface area is 47.5 Å². The highest BCUT2D eigenvalue weighted by atomic mass is 19.1. The van der Waals surface area contributed by atoms with E-state index in [0.29, 0.717) is 12.8 Å². The summed E-state index contributed by atoms with van der Waals surface area (Å²) in [5, 5.41) is 8.71. The Balaban J connectivity index is 2.39. The van der Waals surface area contributed by atoms with Crippen LogP contribution in [0.1, 0.15) is 12.8 Å². The van der Waals surface area contributed by atoms with Crippen LogP contribution in [0.5, 0.6) is 0 Å². The van der Waals surface area contributed by atoms with Crippen LogP contribution in [0.4, 0.5) is 4.39 Å². The van der Waals surface area contributed by atoms with Crippen molar-refractivity contribution >= 4 is 0 Å². The predicted octanol–water partition coefficient (Wildman–Crippen LogP) is -0.194. The van der Waals surface area contributed by atoms with E-state index in [0.717, 1.165) is 0 Å². The molecule has 0 aromatic heterocycles. The smallest absolute Gasteiger partial charge is 0.127 e. The van der Waals surface area contributed by atoms with Gasteiger partial charge in [0.15, 0.2) is 0 Å². The number of nitrogens with two attached hydrogens (primary N) is 1. The van der Waals surface area contributed by atoms with E-state index >= 15 is 0 Å². The molecule has 1 aliphatic carbocycles. The monoisotopic (exact) mass is 119 g/mol. The molecule has 1 fully saturated rings. The van der Waals surface area contributed by atoms with Crippen molar-refractivity contribution in [1.82, 2.24) is 0 Å². The minimum absolute atomic E-state index is 0.125.